The molecule has 0 aromatic carbocycles. The minimum absolute atomic E-state index is 0.222. The van der Waals surface area contributed by atoms with Gasteiger partial charge in [-0.2, -0.15) is 0 Å². The highest BCUT2D eigenvalue weighted by Gasteiger charge is 2.31. The maximum absolute atomic E-state index is 5.83. The first kappa shape index (κ1) is 11.6. The summed E-state index contributed by atoms with van der Waals surface area (Å²) in [5, 5.41) is 3.39. The lowest BCUT2D eigenvalue weighted by Crippen LogP contribution is -2.19. The summed E-state index contributed by atoms with van der Waals surface area (Å²) in [6.07, 6.45) is 5.74. The average molecular weight is 222 g/mol. The van der Waals surface area contributed by atoms with E-state index in [1.54, 1.807) is 0 Å². The second-order valence-electron chi connectivity index (χ2n) is 4.90. The van der Waals surface area contributed by atoms with Gasteiger partial charge in [-0.15, -0.1) is 0 Å². The van der Waals surface area contributed by atoms with E-state index in [2.05, 4.69) is 31.1 Å². The Balaban J connectivity index is 1.95. The zero-order valence-electron chi connectivity index (χ0n) is 10.5. The van der Waals surface area contributed by atoms with E-state index in [1.165, 1.54) is 12.8 Å². The van der Waals surface area contributed by atoms with Crippen LogP contribution in [0.1, 0.15) is 63.6 Å². The van der Waals surface area contributed by atoms with Gasteiger partial charge in [0.05, 0.1) is 12.2 Å². The van der Waals surface area contributed by atoms with Crippen LogP contribution in [0.2, 0.25) is 0 Å². The van der Waals surface area contributed by atoms with Crippen molar-refractivity contribution < 1.29 is 4.42 Å². The minimum atomic E-state index is 0.222. The van der Waals surface area contributed by atoms with Gasteiger partial charge in [-0.05, 0) is 38.6 Å². The summed E-state index contributed by atoms with van der Waals surface area (Å²) in [5.41, 5.74) is 0. The number of nitrogens with zero attached hydrogens (tertiary/aromatic N) is 1. The third kappa shape index (κ3) is 2.64. The Morgan fingerprint density at radius 2 is 2.25 bits per heavy atom. The molecule has 2 rings (SSSR count). The molecule has 1 aliphatic rings. The van der Waals surface area contributed by atoms with Gasteiger partial charge in [0.2, 0.25) is 5.89 Å². The standard InChI is InChI=1S/C13H22N2O/c1-4-7-14-10(3)13-15-8-12(16-13)9(2)11-5-6-11/h8-11,14H,4-7H2,1-3H3. The Hall–Kier alpha value is -0.830. The quantitative estimate of drug-likeness (QED) is 0.803. The molecule has 0 aliphatic heterocycles. The predicted octanol–water partition coefficient (Wildman–Crippen LogP) is 3.25. The molecule has 0 saturated heterocycles. The van der Waals surface area contributed by atoms with Gasteiger partial charge in [0.25, 0.3) is 0 Å². The zero-order valence-corrected chi connectivity index (χ0v) is 10.5. The SMILES string of the molecule is CCCNC(C)c1ncc(C(C)C2CC2)o1. The molecule has 2 unspecified atom stereocenters. The number of oxazole rings is 1. The minimum Gasteiger partial charge on any atom is -0.444 e. The molecule has 0 bridgehead atoms. The lowest BCUT2D eigenvalue weighted by atomic mass is 10.0. The fraction of sp³-hybridized carbons (Fsp3) is 0.769. The van der Waals surface area contributed by atoms with E-state index in [9.17, 15) is 0 Å². The highest BCUT2D eigenvalue weighted by molar-refractivity contribution is 5.06. The van der Waals surface area contributed by atoms with Gasteiger partial charge in [0.15, 0.2) is 0 Å². The fourth-order valence-electron chi connectivity index (χ4n) is 1.99. The van der Waals surface area contributed by atoms with Gasteiger partial charge < -0.3 is 9.73 Å². The van der Waals surface area contributed by atoms with Gasteiger partial charge in [-0.25, -0.2) is 4.98 Å². The van der Waals surface area contributed by atoms with Crippen LogP contribution >= 0.6 is 0 Å². The first-order valence-corrected chi connectivity index (χ1v) is 6.41. The van der Waals surface area contributed by atoms with Crippen LogP contribution in [0.4, 0.5) is 0 Å². The molecular formula is C13H22N2O. The molecule has 3 heteroatoms. The summed E-state index contributed by atoms with van der Waals surface area (Å²) in [6, 6.07) is 0.222. The molecule has 1 heterocycles. The molecule has 1 fully saturated rings. The van der Waals surface area contributed by atoms with Crippen LogP contribution in [0.3, 0.4) is 0 Å². The molecule has 0 radical (unpaired) electrons. The molecule has 1 N–H and O–H groups in total. The van der Waals surface area contributed by atoms with Gasteiger partial charge >= 0.3 is 0 Å². The fourth-order valence-corrected chi connectivity index (χ4v) is 1.99. The first-order chi connectivity index (χ1) is 7.72. The summed E-state index contributed by atoms with van der Waals surface area (Å²) in [4.78, 5) is 4.37. The molecule has 1 aromatic heterocycles. The average Bonchev–Trinajstić information content (AvgIpc) is 3.02. The van der Waals surface area contributed by atoms with Crippen molar-refractivity contribution in [1.82, 2.24) is 10.3 Å². The Morgan fingerprint density at radius 1 is 1.50 bits per heavy atom. The van der Waals surface area contributed by atoms with E-state index >= 15 is 0 Å². The second kappa shape index (κ2) is 5.00. The smallest absolute Gasteiger partial charge is 0.211 e. The molecule has 1 aliphatic carbocycles. The molecule has 16 heavy (non-hydrogen) atoms. The van der Waals surface area contributed by atoms with Crippen molar-refractivity contribution in [3.63, 3.8) is 0 Å². The van der Waals surface area contributed by atoms with E-state index in [-0.39, 0.29) is 6.04 Å². The topological polar surface area (TPSA) is 38.1 Å². The molecule has 1 aromatic rings. The number of hydrogen-bond acceptors (Lipinski definition) is 3. The zero-order chi connectivity index (χ0) is 11.5. The van der Waals surface area contributed by atoms with E-state index in [4.69, 9.17) is 4.42 Å². The van der Waals surface area contributed by atoms with Crippen LogP contribution in [0, 0.1) is 5.92 Å². The Morgan fingerprint density at radius 3 is 2.88 bits per heavy atom. The molecule has 90 valence electrons. The van der Waals surface area contributed by atoms with Crippen molar-refractivity contribution in [2.75, 3.05) is 6.54 Å². The van der Waals surface area contributed by atoms with Crippen molar-refractivity contribution >= 4 is 0 Å². The van der Waals surface area contributed by atoms with Crippen LogP contribution in [0.5, 0.6) is 0 Å². The van der Waals surface area contributed by atoms with E-state index in [1.807, 2.05) is 6.20 Å². The predicted molar refractivity (Wildman–Crippen MR) is 64.4 cm³/mol. The Labute approximate surface area is 97.6 Å². The third-order valence-electron chi connectivity index (χ3n) is 3.39. The van der Waals surface area contributed by atoms with E-state index in [0.29, 0.717) is 5.92 Å². The summed E-state index contributed by atoms with van der Waals surface area (Å²) >= 11 is 0. The maximum atomic E-state index is 5.83. The van der Waals surface area contributed by atoms with Crippen LogP contribution < -0.4 is 5.32 Å². The van der Waals surface area contributed by atoms with Gasteiger partial charge in [-0.3, -0.25) is 0 Å². The van der Waals surface area contributed by atoms with E-state index in [0.717, 1.165) is 30.5 Å². The van der Waals surface area contributed by atoms with Crippen molar-refractivity contribution in [3.8, 4) is 0 Å². The number of rotatable bonds is 6. The summed E-state index contributed by atoms with van der Waals surface area (Å²) < 4.78 is 5.83. The van der Waals surface area contributed by atoms with Crippen molar-refractivity contribution in [3.05, 3.63) is 17.8 Å². The number of nitrogens with one attached hydrogen (secondary N) is 1. The highest BCUT2D eigenvalue weighted by atomic mass is 16.4. The van der Waals surface area contributed by atoms with Gasteiger partial charge in [-0.1, -0.05) is 13.8 Å². The molecule has 2 atom stereocenters. The van der Waals surface area contributed by atoms with E-state index < -0.39 is 0 Å². The lowest BCUT2D eigenvalue weighted by molar-refractivity contribution is 0.374. The number of hydrogen-bond donors (Lipinski definition) is 1. The largest absolute Gasteiger partial charge is 0.444 e. The number of aromatic nitrogens is 1. The molecule has 3 nitrogen and oxygen atoms in total. The molecule has 1 saturated carbocycles. The normalized spacial score (nSPS) is 19.7. The molecule has 0 spiro atoms. The Bertz CT molecular complexity index is 330. The lowest BCUT2D eigenvalue weighted by Gasteiger charge is -2.09. The third-order valence-corrected chi connectivity index (χ3v) is 3.39. The van der Waals surface area contributed by atoms with Crippen LogP contribution in [0.15, 0.2) is 10.6 Å². The highest BCUT2D eigenvalue weighted by Crippen LogP contribution is 2.42. The summed E-state index contributed by atoms with van der Waals surface area (Å²) in [7, 11) is 0. The van der Waals surface area contributed by atoms with Gasteiger partial charge in [0.1, 0.15) is 5.76 Å². The second-order valence-corrected chi connectivity index (χ2v) is 4.90. The van der Waals surface area contributed by atoms with Crippen LogP contribution in [0.25, 0.3) is 0 Å². The van der Waals surface area contributed by atoms with Crippen LogP contribution in [-0.2, 0) is 0 Å². The summed E-state index contributed by atoms with van der Waals surface area (Å²) in [5.74, 6) is 3.26. The van der Waals surface area contributed by atoms with Crippen LogP contribution in [-0.4, -0.2) is 11.5 Å². The Kier molecular flexibility index (Phi) is 3.64. The van der Waals surface area contributed by atoms with Crippen molar-refractivity contribution in [1.29, 1.82) is 0 Å². The van der Waals surface area contributed by atoms with Crippen molar-refractivity contribution in [2.24, 2.45) is 5.92 Å². The molecule has 0 amide bonds. The maximum Gasteiger partial charge on any atom is 0.211 e. The van der Waals surface area contributed by atoms with Crippen molar-refractivity contribution in [2.45, 2.75) is 52.0 Å². The summed E-state index contributed by atoms with van der Waals surface area (Å²) in [6.45, 7) is 7.52. The molecular weight excluding hydrogens is 200 g/mol. The monoisotopic (exact) mass is 222 g/mol. The first-order valence-electron chi connectivity index (χ1n) is 6.41. The van der Waals surface area contributed by atoms with Gasteiger partial charge in [0, 0.05) is 5.92 Å².